The van der Waals surface area contributed by atoms with Crippen LogP contribution in [0.15, 0.2) is 6.07 Å². The third-order valence-electron chi connectivity index (χ3n) is 9.69. The van der Waals surface area contributed by atoms with Crippen LogP contribution >= 0.6 is 11.8 Å². The minimum absolute atomic E-state index is 0.0270. The molecule has 12 nitrogen and oxygen atoms in total. The van der Waals surface area contributed by atoms with E-state index in [-0.39, 0.29) is 30.9 Å². The monoisotopic (exact) mass is 622 g/mol. The summed E-state index contributed by atoms with van der Waals surface area (Å²) in [6.45, 7) is 4.93. The van der Waals surface area contributed by atoms with Crippen molar-refractivity contribution in [1.82, 2.24) is 9.80 Å². The Kier molecular flexibility index (Phi) is 6.89. The fourth-order valence-corrected chi connectivity index (χ4v) is 9.42. The van der Waals surface area contributed by atoms with Gasteiger partial charge in [-0.05, 0) is 38.4 Å². The summed E-state index contributed by atoms with van der Waals surface area (Å²) in [4.78, 5) is 29.8. The predicted molar refractivity (Wildman–Crippen MR) is 158 cm³/mol. The van der Waals surface area contributed by atoms with Crippen molar-refractivity contribution in [3.05, 3.63) is 39.4 Å². The van der Waals surface area contributed by atoms with Crippen molar-refractivity contribution < 1.29 is 38.4 Å². The normalized spacial score (nSPS) is 30.4. The summed E-state index contributed by atoms with van der Waals surface area (Å²) >= 11 is 1.44. The number of hydrogen-bond acceptors (Lipinski definition) is 13. The van der Waals surface area contributed by atoms with Crippen molar-refractivity contribution in [3.8, 4) is 34.8 Å². The van der Waals surface area contributed by atoms with E-state index in [9.17, 15) is 20.0 Å². The SMILES string of the molecule is COc1c(C)cc2c(c1O)[C@@H]1C3[C@@H]4SCC(N)C(=O)OC[C@@H](c5c6c(c(C)c(OC(C)=O)c54)OCO6)N3[C@@H](C#N)[C@H](C2)N1C. The Hall–Kier alpha value is -3.70. The van der Waals surface area contributed by atoms with E-state index in [0.29, 0.717) is 40.5 Å². The predicted octanol–water partition coefficient (Wildman–Crippen LogP) is 2.56. The van der Waals surface area contributed by atoms with Gasteiger partial charge < -0.3 is 34.5 Å². The van der Waals surface area contributed by atoms with Crippen molar-refractivity contribution in [3.63, 3.8) is 0 Å². The van der Waals surface area contributed by atoms with Crippen molar-refractivity contribution in [1.29, 1.82) is 5.26 Å². The molecule has 0 saturated carbocycles. The van der Waals surface area contributed by atoms with E-state index in [0.717, 1.165) is 22.3 Å². The van der Waals surface area contributed by atoms with Gasteiger partial charge in [-0.15, -0.1) is 11.8 Å². The summed E-state index contributed by atoms with van der Waals surface area (Å²) in [7, 11) is 3.51. The molecule has 0 aromatic heterocycles. The number of methoxy groups -OCH3 is 1. The molecule has 2 saturated heterocycles. The average Bonchev–Trinajstić information content (AvgIpc) is 3.47. The number of piperazine rings is 1. The number of nitrogens with two attached hydrogens (primary N) is 1. The van der Waals surface area contributed by atoms with Gasteiger partial charge in [-0.1, -0.05) is 6.07 Å². The Morgan fingerprint density at radius 3 is 2.64 bits per heavy atom. The molecule has 2 aromatic rings. The lowest BCUT2D eigenvalue weighted by Gasteiger charge is -2.61. The van der Waals surface area contributed by atoms with Crippen molar-refractivity contribution in [2.24, 2.45) is 5.73 Å². The molecule has 44 heavy (non-hydrogen) atoms. The molecule has 13 heteroatoms. The number of thioether (sulfide) groups is 1. The third kappa shape index (κ3) is 3.94. The molecule has 7 atom stereocenters. The summed E-state index contributed by atoms with van der Waals surface area (Å²) < 4.78 is 29.4. The van der Waals surface area contributed by atoms with Crippen LogP contribution < -0.4 is 24.7 Å². The number of nitrogens with zero attached hydrogens (tertiary/aromatic N) is 3. The van der Waals surface area contributed by atoms with Crippen LogP contribution in [0.2, 0.25) is 0 Å². The first-order valence-electron chi connectivity index (χ1n) is 14.5. The molecule has 2 unspecified atom stereocenters. The second-order valence-corrected chi connectivity index (χ2v) is 13.2. The molecule has 5 aliphatic heterocycles. The number of phenols is 1. The Morgan fingerprint density at radius 1 is 1.18 bits per heavy atom. The maximum atomic E-state index is 13.0. The number of rotatable bonds is 2. The van der Waals surface area contributed by atoms with Crippen molar-refractivity contribution in [2.75, 3.05) is 33.3 Å². The molecule has 0 aliphatic carbocycles. The van der Waals surface area contributed by atoms with E-state index >= 15 is 0 Å². The van der Waals surface area contributed by atoms with Gasteiger partial charge >= 0.3 is 11.9 Å². The number of esters is 2. The molecule has 0 amide bonds. The number of hydrogen-bond donors (Lipinski definition) is 2. The lowest BCUT2D eigenvalue weighted by Crippen LogP contribution is -2.69. The molecular weight excluding hydrogens is 588 g/mol. The molecule has 0 spiro atoms. The largest absolute Gasteiger partial charge is 0.504 e. The van der Waals surface area contributed by atoms with Crippen molar-refractivity contribution >= 4 is 23.7 Å². The van der Waals surface area contributed by atoms with Gasteiger partial charge in [0.15, 0.2) is 23.0 Å². The zero-order valence-electron chi connectivity index (χ0n) is 25.1. The quantitative estimate of drug-likeness (QED) is 0.372. The number of ether oxygens (including phenoxy) is 5. The van der Waals surface area contributed by atoms with Gasteiger partial charge in [0.2, 0.25) is 6.79 Å². The maximum Gasteiger partial charge on any atom is 0.323 e. The number of carbonyl (C=O) groups is 2. The highest BCUT2D eigenvalue weighted by Crippen LogP contribution is 2.64. The minimum Gasteiger partial charge on any atom is -0.504 e. The summed E-state index contributed by atoms with van der Waals surface area (Å²) in [5.74, 6) is 0.953. The second kappa shape index (κ2) is 10.4. The Balaban J connectivity index is 1.56. The molecule has 7 rings (SSSR count). The highest BCUT2D eigenvalue weighted by atomic mass is 32.2. The lowest BCUT2D eigenvalue weighted by molar-refractivity contribution is -0.150. The van der Waals surface area contributed by atoms with Crippen LogP contribution in [0.5, 0.6) is 28.7 Å². The van der Waals surface area contributed by atoms with Crippen LogP contribution in [0.1, 0.15) is 57.6 Å². The number of likely N-dealkylation sites (N-methyl/N-ethyl adjacent to an activating group) is 1. The summed E-state index contributed by atoms with van der Waals surface area (Å²) in [5, 5.41) is 22.1. The minimum atomic E-state index is -0.890. The first-order chi connectivity index (χ1) is 21.1. The second-order valence-electron chi connectivity index (χ2n) is 12.0. The van der Waals surface area contributed by atoms with Gasteiger partial charge in [0.05, 0.1) is 30.5 Å². The number of nitriles is 1. The van der Waals surface area contributed by atoms with Crippen molar-refractivity contribution in [2.45, 2.75) is 68.7 Å². The molecule has 5 aliphatic rings. The van der Waals surface area contributed by atoms with E-state index < -0.39 is 47.4 Å². The number of fused-ring (bicyclic) bond motifs is 9. The fourth-order valence-electron chi connectivity index (χ4n) is 7.98. The van der Waals surface area contributed by atoms with Gasteiger partial charge in [-0.2, -0.15) is 5.26 Å². The van der Waals surface area contributed by atoms with Crippen LogP contribution in [0.4, 0.5) is 0 Å². The average molecular weight is 623 g/mol. The van der Waals surface area contributed by atoms with E-state index in [4.69, 9.17) is 29.4 Å². The topological polar surface area (TPSA) is 157 Å². The van der Waals surface area contributed by atoms with Gasteiger partial charge in [-0.25, -0.2) is 0 Å². The summed E-state index contributed by atoms with van der Waals surface area (Å²) in [6.07, 6.45) is 0.522. The smallest absolute Gasteiger partial charge is 0.323 e. The zero-order valence-corrected chi connectivity index (χ0v) is 25.9. The standard InChI is InChI=1S/C31H34N4O8S/c1-12-6-15-7-17-18(8-32)35-19-9-40-31(38)16(33)10-44-30(24(35)23(34(17)4)20(15)25(37)26(12)39-5)22-21(19)29-28(41-11-42-29)13(2)27(22)43-14(3)36/h6,16-19,23-24,30,37H,7,9-11,33H2,1-5H3/t16?,17-,18-,19-,23+,24?,30+/m0/s1. The number of carbonyl (C=O) groups excluding carboxylic acids is 2. The molecule has 5 heterocycles. The number of cyclic esters (lactones) is 1. The van der Waals surface area contributed by atoms with Gasteiger partial charge in [0.1, 0.15) is 24.4 Å². The van der Waals surface area contributed by atoms with E-state index in [1.165, 1.54) is 25.8 Å². The first-order valence-corrected chi connectivity index (χ1v) is 15.6. The molecule has 2 fully saturated rings. The number of phenolic OH excluding ortho intramolecular Hbond substituents is 1. The molecule has 2 aromatic carbocycles. The summed E-state index contributed by atoms with van der Waals surface area (Å²) in [5.41, 5.74) is 10.8. The van der Waals surface area contributed by atoms with Crippen LogP contribution in [-0.2, 0) is 20.7 Å². The van der Waals surface area contributed by atoms with Crippen LogP contribution in [0.25, 0.3) is 0 Å². The molecule has 4 bridgehead atoms. The molecule has 0 radical (unpaired) electrons. The highest BCUT2D eigenvalue weighted by Gasteiger charge is 2.60. The molecule has 232 valence electrons. The van der Waals surface area contributed by atoms with E-state index in [1.807, 2.05) is 27.0 Å². The van der Waals surface area contributed by atoms with Crippen LogP contribution in [-0.4, -0.2) is 84.3 Å². The third-order valence-corrected chi connectivity index (χ3v) is 11.1. The highest BCUT2D eigenvalue weighted by molar-refractivity contribution is 7.99. The Labute approximate surface area is 258 Å². The summed E-state index contributed by atoms with van der Waals surface area (Å²) in [6, 6.07) is 1.36. The fraction of sp³-hybridized carbons (Fsp3) is 0.516. The van der Waals surface area contributed by atoms with Gasteiger partial charge in [0.25, 0.3) is 0 Å². The lowest BCUT2D eigenvalue weighted by atomic mass is 9.71. The maximum absolute atomic E-state index is 13.0. The van der Waals surface area contributed by atoms with Gasteiger partial charge in [-0.3, -0.25) is 19.4 Å². The Morgan fingerprint density at radius 2 is 1.93 bits per heavy atom. The zero-order chi connectivity index (χ0) is 31.2. The number of aromatic hydroxyl groups is 1. The Bertz CT molecular complexity index is 1640. The van der Waals surface area contributed by atoms with Crippen LogP contribution in [0.3, 0.4) is 0 Å². The number of aryl methyl sites for hydroxylation is 1. The number of benzene rings is 2. The molecule has 3 N–H and O–H groups in total. The van der Waals surface area contributed by atoms with E-state index in [1.54, 1.807) is 0 Å². The molecular formula is C31H34N4O8S. The van der Waals surface area contributed by atoms with Crippen LogP contribution in [0, 0.1) is 25.2 Å². The van der Waals surface area contributed by atoms with E-state index in [2.05, 4.69) is 15.9 Å². The van der Waals surface area contributed by atoms with Gasteiger partial charge in [0, 0.05) is 47.0 Å². The first kappa shape index (κ1) is 29.0.